The summed E-state index contributed by atoms with van der Waals surface area (Å²) in [6, 6.07) is 7.62. The molecule has 0 amide bonds. The Kier molecular flexibility index (Phi) is 4.44. The molecule has 2 heterocycles. The molecule has 26 heavy (non-hydrogen) atoms. The Balaban J connectivity index is 1.67. The van der Waals surface area contributed by atoms with E-state index in [0.717, 1.165) is 40.9 Å². The number of thiophene rings is 1. The first-order valence-corrected chi connectivity index (χ1v) is 9.82. The second-order valence-corrected chi connectivity index (χ2v) is 8.16. The van der Waals surface area contributed by atoms with Gasteiger partial charge in [0.05, 0.1) is 18.5 Å². The molecule has 1 aliphatic rings. The van der Waals surface area contributed by atoms with Crippen molar-refractivity contribution in [2.75, 3.05) is 12.4 Å². The van der Waals surface area contributed by atoms with E-state index in [2.05, 4.69) is 17.2 Å². The van der Waals surface area contributed by atoms with E-state index < -0.39 is 0 Å². The average molecular weight is 369 g/mol. The molecule has 4 rings (SSSR count). The molecular weight excluding hydrogens is 346 g/mol. The zero-order valence-corrected chi connectivity index (χ0v) is 16.1. The van der Waals surface area contributed by atoms with Crippen molar-refractivity contribution in [3.8, 4) is 5.75 Å². The van der Waals surface area contributed by atoms with E-state index in [1.54, 1.807) is 18.4 Å². The van der Waals surface area contributed by atoms with Gasteiger partial charge in [0.2, 0.25) is 0 Å². The third-order valence-corrected chi connectivity index (χ3v) is 6.20. The SMILES string of the molecule is COc1cccc(N[C@@H](C)c2nc3sc4c(c3c(=O)[nH]2)CC[C@H](C)C4)c1. The van der Waals surface area contributed by atoms with Crippen molar-refractivity contribution in [1.29, 1.82) is 0 Å². The molecule has 0 fully saturated rings. The van der Waals surface area contributed by atoms with Gasteiger partial charge >= 0.3 is 0 Å². The maximum atomic E-state index is 12.7. The summed E-state index contributed by atoms with van der Waals surface area (Å²) in [4.78, 5) is 22.7. The van der Waals surface area contributed by atoms with E-state index in [1.807, 2.05) is 31.2 Å². The number of aryl methyl sites for hydroxylation is 1. The van der Waals surface area contributed by atoms with E-state index in [1.165, 1.54) is 10.4 Å². The summed E-state index contributed by atoms with van der Waals surface area (Å²) in [6.45, 7) is 4.27. The molecule has 0 spiro atoms. The molecule has 136 valence electrons. The quantitative estimate of drug-likeness (QED) is 0.720. The minimum atomic E-state index is -0.114. The van der Waals surface area contributed by atoms with Crippen molar-refractivity contribution < 1.29 is 4.74 Å². The van der Waals surface area contributed by atoms with Crippen LogP contribution in [0.4, 0.5) is 5.69 Å². The molecule has 6 heteroatoms. The highest BCUT2D eigenvalue weighted by molar-refractivity contribution is 7.18. The van der Waals surface area contributed by atoms with Gasteiger partial charge in [-0.3, -0.25) is 4.79 Å². The number of hydrogen-bond donors (Lipinski definition) is 2. The third kappa shape index (κ3) is 3.09. The van der Waals surface area contributed by atoms with Crippen LogP contribution >= 0.6 is 11.3 Å². The Morgan fingerprint density at radius 3 is 3.08 bits per heavy atom. The van der Waals surface area contributed by atoms with Crippen LogP contribution < -0.4 is 15.6 Å². The van der Waals surface area contributed by atoms with Crippen molar-refractivity contribution in [2.45, 2.75) is 39.2 Å². The first kappa shape index (κ1) is 17.1. The first-order chi connectivity index (χ1) is 12.5. The van der Waals surface area contributed by atoms with Crippen LogP contribution in [0.2, 0.25) is 0 Å². The van der Waals surface area contributed by atoms with Gasteiger partial charge in [0.25, 0.3) is 5.56 Å². The van der Waals surface area contributed by atoms with Crippen molar-refractivity contribution in [3.63, 3.8) is 0 Å². The van der Waals surface area contributed by atoms with Gasteiger partial charge in [-0.05, 0) is 49.8 Å². The number of aromatic nitrogens is 2. The number of nitrogens with zero attached hydrogens (tertiary/aromatic N) is 1. The van der Waals surface area contributed by atoms with E-state index in [0.29, 0.717) is 11.7 Å². The van der Waals surface area contributed by atoms with E-state index in [9.17, 15) is 4.79 Å². The number of hydrogen-bond acceptors (Lipinski definition) is 5. The minimum Gasteiger partial charge on any atom is -0.497 e. The molecule has 3 aromatic rings. The van der Waals surface area contributed by atoms with E-state index in [-0.39, 0.29) is 11.6 Å². The minimum absolute atomic E-state index is 0.0173. The van der Waals surface area contributed by atoms with Crippen LogP contribution in [0.5, 0.6) is 5.75 Å². The molecular formula is C20H23N3O2S. The second-order valence-electron chi connectivity index (χ2n) is 7.08. The van der Waals surface area contributed by atoms with E-state index >= 15 is 0 Å². The molecule has 2 aromatic heterocycles. The van der Waals surface area contributed by atoms with Crippen molar-refractivity contribution in [2.24, 2.45) is 5.92 Å². The molecule has 2 N–H and O–H groups in total. The molecule has 5 nitrogen and oxygen atoms in total. The standard InChI is InChI=1S/C20H23N3O2S/c1-11-7-8-15-16(9-11)26-20-17(15)19(24)22-18(23-20)12(2)21-13-5-4-6-14(10-13)25-3/h4-6,10-12,21H,7-9H2,1-3H3,(H,22,23,24)/t11-,12-/m0/s1. The molecule has 0 saturated carbocycles. The molecule has 0 saturated heterocycles. The maximum absolute atomic E-state index is 12.7. The number of fused-ring (bicyclic) bond motifs is 3. The van der Waals surface area contributed by atoms with Crippen LogP contribution in [-0.2, 0) is 12.8 Å². The molecule has 0 aliphatic heterocycles. The van der Waals surface area contributed by atoms with Gasteiger partial charge in [0.1, 0.15) is 16.4 Å². The van der Waals surface area contributed by atoms with Crippen molar-refractivity contribution in [3.05, 3.63) is 50.9 Å². The van der Waals surface area contributed by atoms with Gasteiger partial charge in [-0.15, -0.1) is 11.3 Å². The van der Waals surface area contributed by atoms with Gasteiger partial charge in [-0.1, -0.05) is 13.0 Å². The molecule has 1 aliphatic carbocycles. The summed E-state index contributed by atoms with van der Waals surface area (Å²) in [5, 5.41) is 4.19. The van der Waals surface area contributed by atoms with Gasteiger partial charge in [0, 0.05) is 16.6 Å². The van der Waals surface area contributed by atoms with Crippen LogP contribution in [-0.4, -0.2) is 17.1 Å². The summed E-state index contributed by atoms with van der Waals surface area (Å²) in [5.41, 5.74) is 2.13. The number of benzene rings is 1. The van der Waals surface area contributed by atoms with Gasteiger partial charge in [-0.2, -0.15) is 0 Å². The molecule has 1 aromatic carbocycles. The Labute approximate surface area is 156 Å². The number of H-pyrrole nitrogens is 1. The number of methoxy groups -OCH3 is 1. The van der Waals surface area contributed by atoms with E-state index in [4.69, 9.17) is 9.72 Å². The summed E-state index contributed by atoms with van der Waals surface area (Å²) in [5.74, 6) is 2.14. The topological polar surface area (TPSA) is 67.0 Å². The van der Waals surface area contributed by atoms with Crippen molar-refractivity contribution >= 4 is 27.2 Å². The number of rotatable bonds is 4. The average Bonchev–Trinajstić information content (AvgIpc) is 2.99. The van der Waals surface area contributed by atoms with Crippen LogP contribution in [0.1, 0.15) is 42.6 Å². The van der Waals surface area contributed by atoms with Crippen molar-refractivity contribution in [1.82, 2.24) is 9.97 Å². The lowest BCUT2D eigenvalue weighted by atomic mass is 9.89. The summed E-state index contributed by atoms with van der Waals surface area (Å²) < 4.78 is 5.26. The highest BCUT2D eigenvalue weighted by atomic mass is 32.1. The predicted octanol–water partition coefficient (Wildman–Crippen LogP) is 4.29. The Bertz CT molecular complexity index is 1010. The third-order valence-electron chi connectivity index (χ3n) is 5.05. The van der Waals surface area contributed by atoms with Gasteiger partial charge in [-0.25, -0.2) is 4.98 Å². The highest BCUT2D eigenvalue weighted by Crippen LogP contribution is 2.36. The highest BCUT2D eigenvalue weighted by Gasteiger charge is 2.23. The summed E-state index contributed by atoms with van der Waals surface area (Å²) >= 11 is 1.68. The van der Waals surface area contributed by atoms with Gasteiger partial charge in [0.15, 0.2) is 0 Å². The fraction of sp³-hybridized carbons (Fsp3) is 0.400. The van der Waals surface area contributed by atoms with Crippen LogP contribution in [0.15, 0.2) is 29.1 Å². The van der Waals surface area contributed by atoms with Crippen LogP contribution in [0.3, 0.4) is 0 Å². The van der Waals surface area contributed by atoms with Crippen LogP contribution in [0, 0.1) is 5.92 Å². The zero-order valence-electron chi connectivity index (χ0n) is 15.3. The van der Waals surface area contributed by atoms with Gasteiger partial charge < -0.3 is 15.0 Å². The fourth-order valence-electron chi connectivity index (χ4n) is 3.60. The largest absolute Gasteiger partial charge is 0.497 e. The normalized spacial score (nSPS) is 17.7. The monoisotopic (exact) mass is 369 g/mol. The Hall–Kier alpha value is -2.34. The Morgan fingerprint density at radius 2 is 2.27 bits per heavy atom. The van der Waals surface area contributed by atoms with Crippen LogP contribution in [0.25, 0.3) is 10.2 Å². The molecule has 2 atom stereocenters. The number of aromatic amines is 1. The molecule has 0 unspecified atom stereocenters. The number of nitrogens with one attached hydrogen (secondary N) is 2. The lowest BCUT2D eigenvalue weighted by Crippen LogP contribution is -2.18. The summed E-state index contributed by atoms with van der Waals surface area (Å²) in [6.07, 6.45) is 3.19. The Morgan fingerprint density at radius 1 is 1.42 bits per heavy atom. The number of ether oxygens (including phenoxy) is 1. The fourth-order valence-corrected chi connectivity index (χ4v) is 4.99. The lowest BCUT2D eigenvalue weighted by molar-refractivity contribution is 0.415. The number of anilines is 1. The smallest absolute Gasteiger partial charge is 0.259 e. The maximum Gasteiger partial charge on any atom is 0.259 e. The second kappa shape index (κ2) is 6.76. The predicted molar refractivity (Wildman–Crippen MR) is 106 cm³/mol. The zero-order chi connectivity index (χ0) is 18.3. The molecule has 0 radical (unpaired) electrons. The first-order valence-electron chi connectivity index (χ1n) is 9.00. The lowest BCUT2D eigenvalue weighted by Gasteiger charge is -2.17. The molecule has 0 bridgehead atoms. The summed E-state index contributed by atoms with van der Waals surface area (Å²) in [7, 11) is 1.65.